The van der Waals surface area contributed by atoms with E-state index in [-0.39, 0.29) is 61.6 Å². The maximum Gasteiger partial charge on any atom is 0.253 e. The Labute approximate surface area is 727 Å². The molecule has 666 valence electrons. The number of hydrogen-bond acceptors (Lipinski definition) is 17. The summed E-state index contributed by atoms with van der Waals surface area (Å²) in [5.74, 6) is -3.58. The van der Waals surface area contributed by atoms with Crippen LogP contribution in [0.3, 0.4) is 0 Å². The molecule has 32 heteroatoms. The van der Waals surface area contributed by atoms with Crippen LogP contribution in [0.25, 0.3) is 0 Å². The minimum atomic E-state index is -1.25. The molecule has 9 aromatic rings. The Bertz CT molecular complexity index is 4890. The van der Waals surface area contributed by atoms with E-state index >= 15 is 0 Å². The second-order valence-electron chi connectivity index (χ2n) is 34.3. The van der Waals surface area contributed by atoms with Gasteiger partial charge in [0.15, 0.2) is 17.5 Å². The number of hydrogen-bond donors (Lipinski definition) is 9. The largest absolute Gasteiger partial charge is 0.374 e. The molecule has 3 aliphatic rings. The van der Waals surface area contributed by atoms with Crippen molar-refractivity contribution >= 4 is 70.6 Å². The standard InChI is InChI=1S/C32H41FN6O4.C31H39FN6O3.C30H37FN6O4/c1-22-14-16-38(17-15-22)30(42)32(4,24-10-12-25(33)13-11-24)39-18-27(35-21-39)37-28(40)26(36-29(41)31(2,3)34)20-43-19-23-8-6-5-7-9-23;1-30(2,33)28(40)35-25(13-9-12-22-10-5-4-6-11-22)27(39)36-26-20-38(21-34-26)31(3,23-14-16-24(32)17-15-23)29(41)37-18-7-8-19-37;1-29(2,32)27(39)34-24(19-41-18-21-9-5-4-6-10-21)26(38)35-25-17-37(20-33-25)30(3,22-11-13-23(31)14-12-22)28(40)36-15-7-8-16-36/h5-13,18,21-22,26H,14-17,19-20,34H2,1-4H3,(H,36,41)(H,37,40);4-6,10-11,14-17,20-21,25H,7-9,12-13,18-19,33H2,1-3H3,(H,35,40)(H,36,39);4-6,9-14,17,20,24H,7-8,15-16,18-19,32H2,1-3H3,(H,34,39)(H,35,38). The van der Waals surface area contributed by atoms with Gasteiger partial charge in [0.2, 0.25) is 23.6 Å². The highest BCUT2D eigenvalue weighted by Crippen LogP contribution is 2.36. The normalized spacial score (nSPS) is 15.9. The van der Waals surface area contributed by atoms with E-state index in [9.17, 15) is 56.3 Å². The van der Waals surface area contributed by atoms with Crippen LogP contribution >= 0.6 is 0 Å². The zero-order chi connectivity index (χ0) is 90.4. The van der Waals surface area contributed by atoms with E-state index in [1.54, 1.807) is 127 Å². The number of carbonyl (C=O) groups is 9. The van der Waals surface area contributed by atoms with E-state index in [2.05, 4.69) is 53.8 Å². The van der Waals surface area contributed by atoms with Gasteiger partial charge in [0, 0.05) is 57.9 Å². The van der Waals surface area contributed by atoms with E-state index in [0.717, 1.165) is 61.6 Å². The molecular formula is C93H117F3N18O11. The number of aryl methyl sites for hydroxylation is 1. The number of ether oxygens (including phenoxy) is 2. The van der Waals surface area contributed by atoms with Gasteiger partial charge in [-0.2, -0.15) is 0 Å². The van der Waals surface area contributed by atoms with Crippen molar-refractivity contribution in [2.75, 3.05) is 68.4 Å². The average molecular weight is 1720 g/mol. The summed E-state index contributed by atoms with van der Waals surface area (Å²) < 4.78 is 57.7. The number of likely N-dealkylation sites (tertiary alicyclic amines) is 3. The number of nitrogens with two attached hydrogens (primary N) is 3. The van der Waals surface area contributed by atoms with Crippen LogP contribution in [0, 0.1) is 23.4 Å². The molecule has 0 radical (unpaired) electrons. The number of halogens is 3. The van der Waals surface area contributed by atoms with Gasteiger partial charge in [0.1, 0.15) is 52.2 Å². The lowest BCUT2D eigenvalue weighted by Gasteiger charge is -2.38. The minimum absolute atomic E-state index is 0.107. The van der Waals surface area contributed by atoms with E-state index < -0.39 is 104 Å². The number of rotatable bonds is 33. The Hall–Kier alpha value is -12.2. The fourth-order valence-corrected chi connectivity index (χ4v) is 14.5. The number of benzene rings is 6. The highest BCUT2D eigenvalue weighted by atomic mass is 19.1. The number of piperidine rings is 1. The smallest absolute Gasteiger partial charge is 0.253 e. The van der Waals surface area contributed by atoms with Crippen molar-refractivity contribution in [2.24, 2.45) is 23.1 Å². The first-order valence-corrected chi connectivity index (χ1v) is 42.1. The van der Waals surface area contributed by atoms with E-state index in [0.29, 0.717) is 74.7 Å². The molecule has 12 rings (SSSR count). The second kappa shape index (κ2) is 42.4. The lowest BCUT2D eigenvalue weighted by Crippen LogP contribution is -2.56. The zero-order valence-corrected chi connectivity index (χ0v) is 72.7. The van der Waals surface area contributed by atoms with Gasteiger partial charge in [-0.25, -0.2) is 28.1 Å². The molecule has 6 aromatic carbocycles. The fraction of sp³-hybridized carbons (Fsp3) is 0.419. The van der Waals surface area contributed by atoms with Crippen LogP contribution in [0.4, 0.5) is 30.6 Å². The molecule has 125 heavy (non-hydrogen) atoms. The molecule has 29 nitrogen and oxygen atoms in total. The van der Waals surface area contributed by atoms with Crippen molar-refractivity contribution in [3.63, 3.8) is 0 Å². The van der Waals surface area contributed by atoms with Gasteiger partial charge in [-0.3, -0.25) is 43.2 Å². The average Bonchev–Trinajstić information content (AvgIpc) is 1.73. The van der Waals surface area contributed by atoms with Gasteiger partial charge in [0.05, 0.1) is 62.0 Å². The second-order valence-corrected chi connectivity index (χ2v) is 34.3. The molecular weight excluding hydrogens is 1600 g/mol. The Kier molecular flexibility index (Phi) is 32.3. The molecule has 6 atom stereocenters. The first-order valence-electron chi connectivity index (χ1n) is 42.1. The number of nitrogens with one attached hydrogen (secondary N) is 6. The summed E-state index contributed by atoms with van der Waals surface area (Å²) in [4.78, 5) is 138. The first kappa shape index (κ1) is 95.0. The van der Waals surface area contributed by atoms with Crippen LogP contribution in [-0.4, -0.2) is 184 Å². The molecule has 3 saturated heterocycles. The van der Waals surface area contributed by atoms with Gasteiger partial charge >= 0.3 is 0 Å². The summed E-state index contributed by atoms with van der Waals surface area (Å²) in [6.45, 7) is 20.9. The number of nitrogens with zero attached hydrogens (tertiary/aromatic N) is 9. The third-order valence-electron chi connectivity index (χ3n) is 22.6. The maximum absolute atomic E-state index is 14.0. The van der Waals surface area contributed by atoms with Crippen LogP contribution < -0.4 is 49.1 Å². The van der Waals surface area contributed by atoms with Crippen molar-refractivity contribution in [1.82, 2.24) is 59.3 Å². The van der Waals surface area contributed by atoms with Crippen molar-refractivity contribution in [3.8, 4) is 0 Å². The molecule has 0 saturated carbocycles. The number of amides is 9. The van der Waals surface area contributed by atoms with E-state index in [1.807, 2.05) is 95.9 Å². The summed E-state index contributed by atoms with van der Waals surface area (Å²) in [6, 6.07) is 43.3. The van der Waals surface area contributed by atoms with Crippen LogP contribution in [0.5, 0.6) is 0 Å². The highest BCUT2D eigenvalue weighted by molar-refractivity contribution is 6.00. The van der Waals surface area contributed by atoms with Gasteiger partial charge in [-0.1, -0.05) is 134 Å². The summed E-state index contributed by atoms with van der Waals surface area (Å²) in [5, 5.41) is 16.3. The number of imidazole rings is 3. The Morgan fingerprint density at radius 3 is 0.984 bits per heavy atom. The fourth-order valence-electron chi connectivity index (χ4n) is 14.5. The highest BCUT2D eigenvalue weighted by Gasteiger charge is 2.45. The van der Waals surface area contributed by atoms with E-state index in [1.165, 1.54) is 69.2 Å². The van der Waals surface area contributed by atoms with Crippen LogP contribution in [-0.2, 0) is 88.9 Å². The molecule has 3 aromatic heterocycles. The van der Waals surface area contributed by atoms with Crippen LogP contribution in [0.2, 0.25) is 0 Å². The van der Waals surface area contributed by atoms with E-state index in [4.69, 9.17) is 26.7 Å². The minimum Gasteiger partial charge on any atom is -0.374 e. The molecule has 0 aliphatic carbocycles. The molecule has 12 N–H and O–H groups in total. The van der Waals surface area contributed by atoms with Gasteiger partial charge in [-0.15, -0.1) is 0 Å². The lowest BCUT2D eigenvalue weighted by atomic mass is 9.88. The molecule has 0 bridgehead atoms. The lowest BCUT2D eigenvalue weighted by molar-refractivity contribution is -0.139. The van der Waals surface area contributed by atoms with Gasteiger partial charge in [0.25, 0.3) is 29.5 Å². The number of aromatic nitrogens is 6. The quantitative estimate of drug-likeness (QED) is 0.0185. The summed E-state index contributed by atoms with van der Waals surface area (Å²) in [5.41, 5.74) is 15.3. The van der Waals surface area contributed by atoms with Gasteiger partial charge in [-0.05, 0) is 196 Å². The Morgan fingerprint density at radius 2 is 0.680 bits per heavy atom. The van der Waals surface area contributed by atoms with Crippen LogP contribution in [0.1, 0.15) is 154 Å². The third kappa shape index (κ3) is 25.3. The molecule has 3 fully saturated rings. The Balaban J connectivity index is 0.000000196. The maximum atomic E-state index is 14.0. The SMILES string of the molecule is CC(C)(N)C(=O)NC(CCCc1ccccc1)C(=O)Nc1cn(C(C)(C(=O)N2CCCC2)c2ccc(F)cc2)cn1.CC(C)(N)C(=O)NC(COCc1ccccc1)C(=O)Nc1cn(C(C)(C(=O)N2CCCC2)c2ccc(F)cc2)cn1.CC1CCN(C(=O)C(C)(c2ccc(F)cc2)n2cnc(NC(=O)C(COCc3ccccc3)NC(=O)C(C)(C)N)c2)CC1. The summed E-state index contributed by atoms with van der Waals surface area (Å²) in [6.07, 6.45) is 16.4. The molecule has 9 amide bonds. The van der Waals surface area contributed by atoms with Crippen molar-refractivity contribution < 1.29 is 65.8 Å². The van der Waals surface area contributed by atoms with Crippen molar-refractivity contribution in [1.29, 1.82) is 0 Å². The topological polar surface area (TPSA) is 386 Å². The molecule has 6 heterocycles. The predicted molar refractivity (Wildman–Crippen MR) is 469 cm³/mol. The Morgan fingerprint density at radius 1 is 0.400 bits per heavy atom. The monoisotopic (exact) mass is 1720 g/mol. The number of anilines is 3. The molecule has 6 unspecified atom stereocenters. The van der Waals surface area contributed by atoms with Crippen molar-refractivity contribution in [3.05, 3.63) is 252 Å². The summed E-state index contributed by atoms with van der Waals surface area (Å²) in [7, 11) is 0. The first-order chi connectivity index (χ1) is 59.3. The third-order valence-corrected chi connectivity index (χ3v) is 22.6. The zero-order valence-electron chi connectivity index (χ0n) is 72.7. The van der Waals surface area contributed by atoms with Crippen LogP contribution in [0.15, 0.2) is 201 Å². The molecule has 3 aliphatic heterocycles. The van der Waals surface area contributed by atoms with Gasteiger partial charge < -0.3 is 87.0 Å². The van der Waals surface area contributed by atoms with Crippen molar-refractivity contribution in [2.45, 2.75) is 192 Å². The predicted octanol–water partition coefficient (Wildman–Crippen LogP) is 9.80. The summed E-state index contributed by atoms with van der Waals surface area (Å²) >= 11 is 0. The number of carbonyl (C=O) groups excluding carboxylic acids is 9. The molecule has 0 spiro atoms.